The average molecular weight is 276 g/mol. The van der Waals surface area contributed by atoms with E-state index in [1.165, 1.54) is 0 Å². The highest BCUT2D eigenvalue weighted by Crippen LogP contribution is 2.12. The fourth-order valence-corrected chi connectivity index (χ4v) is 1.80. The van der Waals surface area contributed by atoms with Gasteiger partial charge < -0.3 is 10.1 Å². The van der Waals surface area contributed by atoms with Gasteiger partial charge in [0.25, 0.3) is 5.95 Å². The third-order valence-corrected chi connectivity index (χ3v) is 2.81. The molecule has 0 aromatic carbocycles. The van der Waals surface area contributed by atoms with Crippen LogP contribution in [-0.4, -0.2) is 38.4 Å². The Morgan fingerprint density at radius 1 is 1.35 bits per heavy atom. The van der Waals surface area contributed by atoms with Gasteiger partial charge in [-0.2, -0.15) is 20.1 Å². The number of hydrogen-bond acceptors (Lipinski definition) is 6. The Bertz CT molecular complexity index is 528. The van der Waals surface area contributed by atoms with E-state index in [0.717, 1.165) is 12.8 Å². The fraction of sp³-hybridized carbons (Fsp3) is 0.538. The molecule has 2 heterocycles. The zero-order valence-corrected chi connectivity index (χ0v) is 12.1. The smallest absolute Gasteiger partial charge is 0.323 e. The predicted molar refractivity (Wildman–Crippen MR) is 76.1 cm³/mol. The molecule has 7 nitrogen and oxygen atoms in total. The van der Waals surface area contributed by atoms with Gasteiger partial charge >= 0.3 is 6.01 Å². The van der Waals surface area contributed by atoms with Crippen molar-refractivity contribution in [3.63, 3.8) is 0 Å². The standard InChI is InChI=1S/C13H20N6O/c1-4-6-10(2)9-20-13-17-11(14-3)16-12(18-13)19-8-5-7-15-19/h5,7-8,10H,4,6,9H2,1-3H3,(H,14,16,17,18). The Hall–Kier alpha value is -2.18. The molecule has 0 bridgehead atoms. The van der Waals surface area contributed by atoms with Crippen LogP contribution in [-0.2, 0) is 0 Å². The van der Waals surface area contributed by atoms with E-state index < -0.39 is 0 Å². The molecule has 0 aliphatic carbocycles. The molecule has 0 aliphatic rings. The Labute approximate surface area is 118 Å². The molecule has 0 saturated carbocycles. The minimum absolute atomic E-state index is 0.317. The van der Waals surface area contributed by atoms with Gasteiger partial charge in [0.1, 0.15) is 0 Å². The van der Waals surface area contributed by atoms with Gasteiger partial charge in [-0.05, 0) is 18.4 Å². The summed E-state index contributed by atoms with van der Waals surface area (Å²) in [4.78, 5) is 12.7. The van der Waals surface area contributed by atoms with Crippen molar-refractivity contribution >= 4 is 5.95 Å². The van der Waals surface area contributed by atoms with Crippen molar-refractivity contribution in [2.24, 2.45) is 5.92 Å². The Morgan fingerprint density at radius 2 is 2.20 bits per heavy atom. The molecule has 1 N–H and O–H groups in total. The maximum atomic E-state index is 5.66. The van der Waals surface area contributed by atoms with Crippen LogP contribution >= 0.6 is 0 Å². The van der Waals surface area contributed by atoms with Crippen molar-refractivity contribution in [3.8, 4) is 12.0 Å². The number of ether oxygens (including phenoxy) is 1. The molecule has 0 fully saturated rings. The summed E-state index contributed by atoms with van der Waals surface area (Å²) in [5, 5.41) is 7.01. The van der Waals surface area contributed by atoms with Crippen molar-refractivity contribution in [1.29, 1.82) is 0 Å². The summed E-state index contributed by atoms with van der Waals surface area (Å²) < 4.78 is 7.23. The van der Waals surface area contributed by atoms with E-state index in [2.05, 4.69) is 39.2 Å². The van der Waals surface area contributed by atoms with E-state index in [-0.39, 0.29) is 0 Å². The zero-order chi connectivity index (χ0) is 14.4. The molecule has 0 saturated heterocycles. The third kappa shape index (κ3) is 3.66. The average Bonchev–Trinajstić information content (AvgIpc) is 2.99. The van der Waals surface area contributed by atoms with Gasteiger partial charge in [0.05, 0.1) is 6.61 Å². The molecule has 20 heavy (non-hydrogen) atoms. The number of nitrogens with zero attached hydrogens (tertiary/aromatic N) is 5. The van der Waals surface area contributed by atoms with Crippen LogP contribution in [0.4, 0.5) is 5.95 Å². The van der Waals surface area contributed by atoms with Gasteiger partial charge in [-0.15, -0.1) is 0 Å². The molecule has 7 heteroatoms. The fourth-order valence-electron chi connectivity index (χ4n) is 1.80. The summed E-state index contributed by atoms with van der Waals surface area (Å²) in [6.07, 6.45) is 5.71. The van der Waals surface area contributed by atoms with Gasteiger partial charge in [0, 0.05) is 19.4 Å². The number of hydrogen-bond donors (Lipinski definition) is 1. The van der Waals surface area contributed by atoms with Crippen molar-refractivity contribution < 1.29 is 4.74 Å². The molecular weight excluding hydrogens is 256 g/mol. The quantitative estimate of drug-likeness (QED) is 0.832. The summed E-state index contributed by atoms with van der Waals surface area (Å²) >= 11 is 0. The number of aromatic nitrogens is 5. The third-order valence-electron chi connectivity index (χ3n) is 2.81. The molecule has 108 valence electrons. The number of rotatable bonds is 7. The summed E-state index contributed by atoms with van der Waals surface area (Å²) in [5.74, 6) is 1.37. The Morgan fingerprint density at radius 3 is 2.85 bits per heavy atom. The van der Waals surface area contributed by atoms with Crippen molar-refractivity contribution in [2.75, 3.05) is 19.0 Å². The zero-order valence-electron chi connectivity index (χ0n) is 12.1. The van der Waals surface area contributed by atoms with Crippen LogP contribution in [0.15, 0.2) is 18.5 Å². The largest absolute Gasteiger partial charge is 0.463 e. The highest BCUT2D eigenvalue weighted by molar-refractivity contribution is 5.28. The molecule has 2 rings (SSSR count). The summed E-state index contributed by atoms with van der Waals surface area (Å²) in [7, 11) is 1.76. The molecule has 2 aromatic rings. The van der Waals surface area contributed by atoms with E-state index in [1.807, 2.05) is 6.07 Å². The molecule has 0 aliphatic heterocycles. The van der Waals surface area contributed by atoms with Crippen LogP contribution in [0.1, 0.15) is 26.7 Å². The SMILES string of the molecule is CCCC(C)COc1nc(NC)nc(-n2cccn2)n1. The summed E-state index contributed by atoms with van der Waals surface area (Å²) in [6.45, 7) is 4.91. The lowest BCUT2D eigenvalue weighted by molar-refractivity contribution is 0.233. The molecule has 0 spiro atoms. The van der Waals surface area contributed by atoms with Crippen molar-refractivity contribution in [2.45, 2.75) is 26.7 Å². The lowest BCUT2D eigenvalue weighted by Crippen LogP contribution is -2.13. The molecule has 0 radical (unpaired) electrons. The first kappa shape index (κ1) is 14.2. The first-order valence-electron chi connectivity index (χ1n) is 6.79. The molecule has 1 unspecified atom stereocenters. The number of anilines is 1. The highest BCUT2D eigenvalue weighted by Gasteiger charge is 2.10. The van der Waals surface area contributed by atoms with Crippen molar-refractivity contribution in [1.82, 2.24) is 24.7 Å². The van der Waals surface area contributed by atoms with Gasteiger partial charge in [0.15, 0.2) is 0 Å². The Balaban J connectivity index is 2.14. The van der Waals surface area contributed by atoms with Crippen LogP contribution in [0.3, 0.4) is 0 Å². The predicted octanol–water partition coefficient (Wildman–Crippen LogP) is 1.91. The van der Waals surface area contributed by atoms with Gasteiger partial charge in [-0.1, -0.05) is 20.3 Å². The topological polar surface area (TPSA) is 77.8 Å². The second kappa shape index (κ2) is 6.83. The normalized spacial score (nSPS) is 12.2. The van der Waals surface area contributed by atoms with Gasteiger partial charge in [-0.3, -0.25) is 0 Å². The summed E-state index contributed by atoms with van der Waals surface area (Å²) in [5.41, 5.74) is 0. The summed E-state index contributed by atoms with van der Waals surface area (Å²) in [6, 6.07) is 2.13. The van der Waals surface area contributed by atoms with E-state index >= 15 is 0 Å². The number of nitrogens with one attached hydrogen (secondary N) is 1. The maximum Gasteiger partial charge on any atom is 0.323 e. The second-order valence-electron chi connectivity index (χ2n) is 4.65. The minimum atomic E-state index is 0.317. The van der Waals surface area contributed by atoms with Crippen molar-refractivity contribution in [3.05, 3.63) is 18.5 Å². The molecule has 1 atom stereocenters. The highest BCUT2D eigenvalue weighted by atomic mass is 16.5. The van der Waals surface area contributed by atoms with E-state index in [9.17, 15) is 0 Å². The lowest BCUT2D eigenvalue weighted by Gasteiger charge is -2.11. The monoisotopic (exact) mass is 276 g/mol. The molecule has 2 aromatic heterocycles. The molecule has 0 amide bonds. The lowest BCUT2D eigenvalue weighted by atomic mass is 10.1. The van der Waals surface area contributed by atoms with E-state index in [0.29, 0.717) is 30.4 Å². The Kier molecular flexibility index (Phi) is 4.86. The maximum absolute atomic E-state index is 5.66. The van der Waals surface area contributed by atoms with Gasteiger partial charge in [0.2, 0.25) is 5.95 Å². The second-order valence-corrected chi connectivity index (χ2v) is 4.65. The van der Waals surface area contributed by atoms with E-state index in [1.54, 1.807) is 24.1 Å². The van der Waals surface area contributed by atoms with Crippen LogP contribution in [0.2, 0.25) is 0 Å². The minimum Gasteiger partial charge on any atom is -0.463 e. The first-order chi connectivity index (χ1) is 9.72. The first-order valence-corrected chi connectivity index (χ1v) is 6.79. The van der Waals surface area contributed by atoms with E-state index in [4.69, 9.17) is 4.74 Å². The van der Waals surface area contributed by atoms with Crippen LogP contribution in [0, 0.1) is 5.92 Å². The molecular formula is C13H20N6O. The van der Waals surface area contributed by atoms with Crippen LogP contribution < -0.4 is 10.1 Å². The van der Waals surface area contributed by atoms with Crippen LogP contribution in [0.5, 0.6) is 6.01 Å². The van der Waals surface area contributed by atoms with Crippen LogP contribution in [0.25, 0.3) is 5.95 Å². The van der Waals surface area contributed by atoms with Gasteiger partial charge in [-0.25, -0.2) is 4.68 Å².